The molecule has 0 saturated heterocycles. The summed E-state index contributed by atoms with van der Waals surface area (Å²) in [6.45, 7) is 0.190. The number of nitrogens with one attached hydrogen (secondary N) is 1. The second-order valence-electron chi connectivity index (χ2n) is 4.49. The molecule has 8 nitrogen and oxygen atoms in total. The molecule has 0 radical (unpaired) electrons. The first-order valence-corrected chi connectivity index (χ1v) is 8.67. The first kappa shape index (κ1) is 17.3. The van der Waals surface area contributed by atoms with E-state index in [4.69, 9.17) is 9.84 Å². The topological polar surface area (TPSA) is 111 Å². The van der Waals surface area contributed by atoms with Gasteiger partial charge in [0, 0.05) is 18.8 Å². The van der Waals surface area contributed by atoms with Gasteiger partial charge in [0.1, 0.15) is 9.50 Å². The van der Waals surface area contributed by atoms with E-state index < -0.39 is 16.1 Å². The summed E-state index contributed by atoms with van der Waals surface area (Å²) < 4.78 is 31.5. The van der Waals surface area contributed by atoms with Crippen LogP contribution in [0, 0.1) is 0 Å². The van der Waals surface area contributed by atoms with Crippen LogP contribution in [-0.4, -0.2) is 42.2 Å². The first-order valence-electron chi connectivity index (χ1n) is 6.44. The summed E-state index contributed by atoms with van der Waals surface area (Å²) in [7, 11) is -2.36. The third-order valence-electron chi connectivity index (χ3n) is 2.96. The molecule has 0 fully saturated rings. The van der Waals surface area contributed by atoms with Crippen molar-refractivity contribution in [3.05, 3.63) is 40.8 Å². The van der Waals surface area contributed by atoms with Crippen molar-refractivity contribution in [3.63, 3.8) is 0 Å². The van der Waals surface area contributed by atoms with Gasteiger partial charge in [-0.2, -0.15) is 0 Å². The van der Waals surface area contributed by atoms with Crippen LogP contribution in [-0.2, 0) is 16.4 Å². The molecule has 124 valence electrons. The maximum absolute atomic E-state index is 12.6. The molecule has 0 saturated carbocycles. The SMILES string of the molecule is COc1ccc(S(=O)(=O)n2cc(CCNC(=O)O)cc2Br)cn1. The number of carbonyl (C=O) groups is 1. The van der Waals surface area contributed by atoms with E-state index >= 15 is 0 Å². The predicted molar refractivity (Wildman–Crippen MR) is 85.2 cm³/mol. The fraction of sp³-hybridized carbons (Fsp3) is 0.231. The summed E-state index contributed by atoms with van der Waals surface area (Å²) in [6, 6.07) is 4.49. The number of methoxy groups -OCH3 is 1. The highest BCUT2D eigenvalue weighted by atomic mass is 79.9. The number of carboxylic acid groups (broad SMARTS) is 1. The van der Waals surface area contributed by atoms with Gasteiger partial charge in [-0.05, 0) is 40.0 Å². The highest BCUT2D eigenvalue weighted by Crippen LogP contribution is 2.23. The van der Waals surface area contributed by atoms with E-state index in [9.17, 15) is 13.2 Å². The largest absolute Gasteiger partial charge is 0.481 e. The number of pyridine rings is 1. The second-order valence-corrected chi connectivity index (χ2v) is 7.12. The van der Waals surface area contributed by atoms with E-state index in [1.807, 2.05) is 0 Å². The van der Waals surface area contributed by atoms with Gasteiger partial charge in [-0.25, -0.2) is 22.2 Å². The molecule has 0 aliphatic rings. The lowest BCUT2D eigenvalue weighted by Crippen LogP contribution is -2.23. The zero-order valence-electron chi connectivity index (χ0n) is 12.1. The van der Waals surface area contributed by atoms with Gasteiger partial charge in [-0.15, -0.1) is 0 Å². The number of hydrogen-bond donors (Lipinski definition) is 2. The molecule has 23 heavy (non-hydrogen) atoms. The van der Waals surface area contributed by atoms with E-state index in [-0.39, 0.29) is 11.4 Å². The number of amides is 1. The van der Waals surface area contributed by atoms with Crippen LogP contribution >= 0.6 is 15.9 Å². The van der Waals surface area contributed by atoms with Gasteiger partial charge in [-0.3, -0.25) is 0 Å². The average Bonchev–Trinajstić information content (AvgIpc) is 2.88. The van der Waals surface area contributed by atoms with Crippen LogP contribution < -0.4 is 10.1 Å². The fourth-order valence-electron chi connectivity index (χ4n) is 1.85. The van der Waals surface area contributed by atoms with Gasteiger partial charge in [0.05, 0.1) is 13.3 Å². The maximum atomic E-state index is 12.6. The molecule has 2 rings (SSSR count). The zero-order chi connectivity index (χ0) is 17.0. The van der Waals surface area contributed by atoms with Gasteiger partial charge < -0.3 is 15.2 Å². The summed E-state index contributed by atoms with van der Waals surface area (Å²) in [5, 5.41) is 10.8. The highest BCUT2D eigenvalue weighted by Gasteiger charge is 2.20. The fourth-order valence-corrected chi connectivity index (χ4v) is 4.03. The minimum absolute atomic E-state index is 0.0183. The number of halogens is 1. The Morgan fingerprint density at radius 1 is 1.48 bits per heavy atom. The second kappa shape index (κ2) is 7.01. The number of nitrogens with zero attached hydrogens (tertiary/aromatic N) is 2. The number of hydrogen-bond acceptors (Lipinski definition) is 5. The van der Waals surface area contributed by atoms with Gasteiger partial charge in [0.25, 0.3) is 10.0 Å². The Kier molecular flexibility index (Phi) is 5.26. The third kappa shape index (κ3) is 4.02. The summed E-state index contributed by atoms with van der Waals surface area (Å²) >= 11 is 3.20. The normalized spacial score (nSPS) is 11.2. The van der Waals surface area contributed by atoms with Crippen molar-refractivity contribution in [2.45, 2.75) is 11.3 Å². The van der Waals surface area contributed by atoms with Crippen LogP contribution in [0.15, 0.2) is 40.1 Å². The smallest absolute Gasteiger partial charge is 0.404 e. The molecule has 10 heteroatoms. The number of rotatable bonds is 6. The molecule has 2 aromatic heterocycles. The lowest BCUT2D eigenvalue weighted by Gasteiger charge is -2.07. The Morgan fingerprint density at radius 3 is 2.78 bits per heavy atom. The third-order valence-corrected chi connectivity index (χ3v) is 5.47. The number of aromatic nitrogens is 2. The van der Waals surface area contributed by atoms with E-state index in [0.29, 0.717) is 22.5 Å². The van der Waals surface area contributed by atoms with Gasteiger partial charge >= 0.3 is 6.09 Å². The van der Waals surface area contributed by atoms with Crippen LogP contribution in [0.4, 0.5) is 4.79 Å². The zero-order valence-corrected chi connectivity index (χ0v) is 14.5. The van der Waals surface area contributed by atoms with E-state index in [1.54, 1.807) is 6.07 Å². The van der Waals surface area contributed by atoms with Gasteiger partial charge in [-0.1, -0.05) is 0 Å². The lowest BCUT2D eigenvalue weighted by molar-refractivity contribution is 0.194. The van der Waals surface area contributed by atoms with Gasteiger partial charge in [0.15, 0.2) is 0 Å². The Labute approximate surface area is 141 Å². The molecule has 0 aliphatic carbocycles. The van der Waals surface area contributed by atoms with Crippen molar-refractivity contribution < 1.29 is 23.1 Å². The van der Waals surface area contributed by atoms with Crippen molar-refractivity contribution in [1.82, 2.24) is 14.3 Å². The van der Waals surface area contributed by atoms with Crippen LogP contribution in [0.5, 0.6) is 5.88 Å². The minimum atomic E-state index is -3.80. The van der Waals surface area contributed by atoms with Crippen molar-refractivity contribution in [3.8, 4) is 5.88 Å². The molecule has 1 amide bonds. The molecule has 2 aromatic rings. The summed E-state index contributed by atoms with van der Waals surface area (Å²) in [5.41, 5.74) is 0.677. The van der Waals surface area contributed by atoms with Crippen LogP contribution in [0.1, 0.15) is 5.56 Å². The van der Waals surface area contributed by atoms with Crippen LogP contribution in [0.25, 0.3) is 0 Å². The van der Waals surface area contributed by atoms with Crippen molar-refractivity contribution in [1.29, 1.82) is 0 Å². The molecule has 0 spiro atoms. The molecule has 0 unspecified atom stereocenters. The molecule has 0 atom stereocenters. The summed E-state index contributed by atoms with van der Waals surface area (Å²) in [5.74, 6) is 0.316. The standard InChI is InChI=1S/C13H14BrN3O5S/c1-22-12-3-2-10(7-16-12)23(20,21)17-8-9(6-11(17)14)4-5-15-13(18)19/h2-3,6-8,15H,4-5H2,1H3,(H,18,19). The average molecular weight is 404 g/mol. The van der Waals surface area contributed by atoms with Crippen molar-refractivity contribution in [2.75, 3.05) is 13.7 Å². The molecule has 0 aromatic carbocycles. The Hall–Kier alpha value is -2.07. The highest BCUT2D eigenvalue weighted by molar-refractivity contribution is 9.10. The van der Waals surface area contributed by atoms with E-state index in [0.717, 1.165) is 3.97 Å². The maximum Gasteiger partial charge on any atom is 0.404 e. The van der Waals surface area contributed by atoms with Crippen LogP contribution in [0.3, 0.4) is 0 Å². The van der Waals surface area contributed by atoms with Crippen molar-refractivity contribution in [2.24, 2.45) is 0 Å². The Bertz CT molecular complexity index is 802. The molecule has 0 aliphatic heterocycles. The summed E-state index contributed by atoms with van der Waals surface area (Å²) in [6.07, 6.45) is 1.90. The first-order chi connectivity index (χ1) is 10.8. The predicted octanol–water partition coefficient (Wildman–Crippen LogP) is 1.70. The molecule has 2 N–H and O–H groups in total. The van der Waals surface area contributed by atoms with Gasteiger partial charge in [0.2, 0.25) is 5.88 Å². The van der Waals surface area contributed by atoms with Crippen molar-refractivity contribution >= 4 is 32.0 Å². The molecular weight excluding hydrogens is 390 g/mol. The minimum Gasteiger partial charge on any atom is -0.481 e. The quantitative estimate of drug-likeness (QED) is 0.759. The Morgan fingerprint density at radius 2 is 2.22 bits per heavy atom. The summed E-state index contributed by atoms with van der Waals surface area (Å²) in [4.78, 5) is 14.3. The molecule has 0 bridgehead atoms. The van der Waals surface area contributed by atoms with E-state index in [1.165, 1.54) is 31.6 Å². The van der Waals surface area contributed by atoms with Crippen LogP contribution in [0.2, 0.25) is 0 Å². The Balaban J connectivity index is 2.25. The number of ether oxygens (including phenoxy) is 1. The molecule has 2 heterocycles. The molecular formula is C13H14BrN3O5S. The van der Waals surface area contributed by atoms with E-state index in [2.05, 4.69) is 26.2 Å². The lowest BCUT2D eigenvalue weighted by atomic mass is 10.2. The monoisotopic (exact) mass is 403 g/mol.